The second-order valence-corrected chi connectivity index (χ2v) is 3.93. The molecular weight excluding hydrogens is 269 g/mol. The summed E-state index contributed by atoms with van der Waals surface area (Å²) in [6, 6.07) is 3.81. The number of carbonyl (C=O) groups excluding carboxylic acids is 1. The molecule has 0 fully saturated rings. The first-order valence-corrected chi connectivity index (χ1v) is 5.55. The first-order valence-electron chi connectivity index (χ1n) is 5.55. The van der Waals surface area contributed by atoms with E-state index >= 15 is 0 Å². The maximum atomic E-state index is 13.5. The van der Waals surface area contributed by atoms with Gasteiger partial charge in [-0.2, -0.15) is 5.10 Å². The minimum atomic E-state index is -0.648. The third-order valence-electron chi connectivity index (χ3n) is 2.61. The number of ether oxygens (including phenoxy) is 1. The fourth-order valence-electron chi connectivity index (χ4n) is 1.61. The van der Waals surface area contributed by atoms with Crippen LogP contribution in [0.2, 0.25) is 0 Å². The lowest BCUT2D eigenvalue weighted by Crippen LogP contribution is -2.11. The first-order chi connectivity index (χ1) is 9.51. The highest BCUT2D eigenvalue weighted by molar-refractivity contribution is 5.96. The molecule has 0 spiro atoms. The summed E-state index contributed by atoms with van der Waals surface area (Å²) >= 11 is 0. The highest BCUT2D eigenvalue weighted by atomic mass is 19.1. The Kier molecular flexibility index (Phi) is 3.74. The van der Waals surface area contributed by atoms with E-state index in [1.807, 2.05) is 0 Å². The number of rotatable bonds is 5. The molecule has 0 N–H and O–H groups in total. The normalized spacial score (nSPS) is 10.3. The summed E-state index contributed by atoms with van der Waals surface area (Å²) in [6.07, 6.45) is 2.18. The monoisotopic (exact) mass is 279 g/mol. The van der Waals surface area contributed by atoms with Gasteiger partial charge in [-0.15, -0.1) is 0 Å². The molecule has 0 radical (unpaired) electrons. The van der Waals surface area contributed by atoms with Gasteiger partial charge in [0, 0.05) is 5.56 Å². The number of benzene rings is 1. The topological polar surface area (TPSA) is 87.3 Å². The molecule has 0 saturated carbocycles. The zero-order valence-electron chi connectivity index (χ0n) is 10.4. The maximum absolute atomic E-state index is 13.5. The van der Waals surface area contributed by atoms with E-state index in [1.165, 1.54) is 19.2 Å². The van der Waals surface area contributed by atoms with Crippen molar-refractivity contribution in [1.82, 2.24) is 9.78 Å². The Morgan fingerprint density at radius 2 is 2.30 bits per heavy atom. The van der Waals surface area contributed by atoms with Crippen LogP contribution in [0.1, 0.15) is 10.4 Å². The van der Waals surface area contributed by atoms with Crippen LogP contribution in [-0.2, 0) is 6.54 Å². The third kappa shape index (κ3) is 2.79. The average molecular weight is 279 g/mol. The molecule has 0 unspecified atom stereocenters. The van der Waals surface area contributed by atoms with E-state index in [0.717, 1.165) is 23.1 Å². The number of hydrogen-bond acceptors (Lipinski definition) is 5. The molecule has 0 aliphatic heterocycles. The van der Waals surface area contributed by atoms with Crippen LogP contribution in [0.4, 0.5) is 10.1 Å². The van der Waals surface area contributed by atoms with Crippen molar-refractivity contribution in [3.8, 4) is 5.75 Å². The van der Waals surface area contributed by atoms with E-state index in [0.29, 0.717) is 0 Å². The molecule has 7 nitrogen and oxygen atoms in total. The van der Waals surface area contributed by atoms with Crippen LogP contribution < -0.4 is 4.74 Å². The molecule has 0 bridgehead atoms. The lowest BCUT2D eigenvalue weighted by molar-refractivity contribution is -0.385. The van der Waals surface area contributed by atoms with Gasteiger partial charge in [0.25, 0.3) is 0 Å². The van der Waals surface area contributed by atoms with Gasteiger partial charge in [0.05, 0.1) is 12.0 Å². The average Bonchev–Trinajstić information content (AvgIpc) is 2.87. The number of carbonyl (C=O) groups is 1. The minimum absolute atomic E-state index is 0.0382. The maximum Gasteiger partial charge on any atom is 0.307 e. The van der Waals surface area contributed by atoms with Crippen LogP contribution in [0, 0.1) is 15.9 Å². The zero-order valence-corrected chi connectivity index (χ0v) is 10.4. The van der Waals surface area contributed by atoms with Crippen molar-refractivity contribution in [3.05, 3.63) is 52.1 Å². The van der Waals surface area contributed by atoms with E-state index in [-0.39, 0.29) is 23.5 Å². The van der Waals surface area contributed by atoms with Gasteiger partial charge in [0.15, 0.2) is 17.3 Å². The Bertz CT molecular complexity index is 668. The van der Waals surface area contributed by atoms with Crippen LogP contribution in [0.25, 0.3) is 0 Å². The van der Waals surface area contributed by atoms with Gasteiger partial charge in [0.1, 0.15) is 18.9 Å². The fourth-order valence-corrected chi connectivity index (χ4v) is 1.61. The smallest absolute Gasteiger partial charge is 0.307 e. The molecule has 0 amide bonds. The van der Waals surface area contributed by atoms with Crippen LogP contribution in [0.5, 0.6) is 5.75 Å². The van der Waals surface area contributed by atoms with Gasteiger partial charge in [-0.1, -0.05) is 0 Å². The van der Waals surface area contributed by atoms with E-state index in [4.69, 9.17) is 4.74 Å². The van der Waals surface area contributed by atoms with E-state index in [9.17, 15) is 19.3 Å². The number of nitro groups is 1. The number of methoxy groups -OCH3 is 1. The molecule has 0 aliphatic carbocycles. The quantitative estimate of drug-likeness (QED) is 0.473. The summed E-state index contributed by atoms with van der Waals surface area (Å²) in [5, 5.41) is 14.2. The fraction of sp³-hybridized carbons (Fsp3) is 0.167. The molecule has 1 heterocycles. The highest BCUT2D eigenvalue weighted by Gasteiger charge is 2.14. The predicted octanol–water partition coefficient (Wildman–Crippen LogP) is 1.82. The highest BCUT2D eigenvalue weighted by Crippen LogP contribution is 2.18. The molecule has 0 aliphatic rings. The summed E-state index contributed by atoms with van der Waals surface area (Å²) in [7, 11) is 1.32. The Morgan fingerprint density at radius 1 is 1.55 bits per heavy atom. The molecule has 104 valence electrons. The van der Waals surface area contributed by atoms with Crippen LogP contribution >= 0.6 is 0 Å². The van der Waals surface area contributed by atoms with Gasteiger partial charge in [-0.25, -0.2) is 4.39 Å². The van der Waals surface area contributed by atoms with E-state index < -0.39 is 16.5 Å². The van der Waals surface area contributed by atoms with Gasteiger partial charge >= 0.3 is 5.69 Å². The Morgan fingerprint density at radius 3 is 2.85 bits per heavy atom. The number of halogens is 1. The molecule has 8 heteroatoms. The van der Waals surface area contributed by atoms with Crippen molar-refractivity contribution >= 4 is 11.5 Å². The van der Waals surface area contributed by atoms with Crippen LogP contribution in [0.15, 0.2) is 30.6 Å². The van der Waals surface area contributed by atoms with E-state index in [2.05, 4.69) is 5.10 Å². The van der Waals surface area contributed by atoms with Crippen molar-refractivity contribution in [2.24, 2.45) is 0 Å². The molecule has 20 heavy (non-hydrogen) atoms. The second-order valence-electron chi connectivity index (χ2n) is 3.93. The van der Waals surface area contributed by atoms with Crippen molar-refractivity contribution in [2.45, 2.75) is 6.54 Å². The van der Waals surface area contributed by atoms with Gasteiger partial charge in [-0.3, -0.25) is 19.6 Å². The Balaban J connectivity index is 2.15. The summed E-state index contributed by atoms with van der Waals surface area (Å²) in [5.74, 6) is -1.02. The molecular formula is C12H10FN3O4. The molecule has 0 saturated heterocycles. The molecule has 2 rings (SSSR count). The SMILES string of the molecule is COc1ccc(C(=O)Cn2cc([N+](=O)[O-])cn2)cc1F. The van der Waals surface area contributed by atoms with Gasteiger partial charge in [-0.05, 0) is 18.2 Å². The Labute approximate surface area is 112 Å². The summed E-state index contributed by atoms with van der Waals surface area (Å²) < 4.78 is 19.3. The number of Topliss-reactive ketones (excluding diaryl/α,β-unsaturated/α-hetero) is 1. The summed E-state index contributed by atoms with van der Waals surface area (Å²) in [6.45, 7) is -0.209. The second kappa shape index (κ2) is 5.47. The molecule has 1 aromatic heterocycles. The van der Waals surface area contributed by atoms with Crippen LogP contribution in [0.3, 0.4) is 0 Å². The number of hydrogen-bond donors (Lipinski definition) is 0. The Hall–Kier alpha value is -2.77. The van der Waals surface area contributed by atoms with Crippen molar-refractivity contribution in [1.29, 1.82) is 0 Å². The van der Waals surface area contributed by atoms with Crippen molar-refractivity contribution in [3.63, 3.8) is 0 Å². The van der Waals surface area contributed by atoms with Crippen LogP contribution in [-0.4, -0.2) is 27.6 Å². The standard InChI is InChI=1S/C12H10FN3O4/c1-20-12-3-2-8(4-10(12)13)11(17)7-15-6-9(5-14-15)16(18)19/h2-6H,7H2,1H3. The van der Waals surface area contributed by atoms with Crippen molar-refractivity contribution in [2.75, 3.05) is 7.11 Å². The minimum Gasteiger partial charge on any atom is -0.494 e. The van der Waals surface area contributed by atoms with Gasteiger partial charge in [0.2, 0.25) is 0 Å². The molecule has 0 atom stereocenters. The van der Waals surface area contributed by atoms with Gasteiger partial charge < -0.3 is 4.74 Å². The number of ketones is 1. The summed E-state index contributed by atoms with van der Waals surface area (Å²) in [4.78, 5) is 21.8. The first kappa shape index (κ1) is 13.7. The van der Waals surface area contributed by atoms with Crippen molar-refractivity contribution < 1.29 is 18.8 Å². The predicted molar refractivity (Wildman–Crippen MR) is 66.2 cm³/mol. The summed E-state index contributed by atoms with van der Waals surface area (Å²) in [5.41, 5.74) is -0.0693. The third-order valence-corrected chi connectivity index (χ3v) is 2.61. The zero-order chi connectivity index (χ0) is 14.7. The lowest BCUT2D eigenvalue weighted by atomic mass is 10.1. The number of aromatic nitrogens is 2. The lowest BCUT2D eigenvalue weighted by Gasteiger charge is -2.04. The molecule has 1 aromatic carbocycles. The van der Waals surface area contributed by atoms with E-state index in [1.54, 1.807) is 0 Å². The largest absolute Gasteiger partial charge is 0.494 e. The molecule has 2 aromatic rings. The number of nitrogens with zero attached hydrogens (tertiary/aromatic N) is 3.